The number of benzene rings is 3. The second-order valence-corrected chi connectivity index (χ2v) is 11.8. The van der Waals surface area contributed by atoms with Crippen molar-refractivity contribution < 1.29 is 33.1 Å². The second kappa shape index (κ2) is 11.2. The maximum absolute atomic E-state index is 13.2. The van der Waals surface area contributed by atoms with Gasteiger partial charge in [-0.25, -0.2) is 4.79 Å². The molecular weight excluding hydrogens is 534 g/mol. The van der Waals surface area contributed by atoms with Crippen molar-refractivity contribution in [3.8, 4) is 16.9 Å². The third-order valence-corrected chi connectivity index (χ3v) is 8.99. The van der Waals surface area contributed by atoms with E-state index in [1.54, 1.807) is 18.2 Å². The van der Waals surface area contributed by atoms with Crippen LogP contribution in [0.4, 0.5) is 16.2 Å². The van der Waals surface area contributed by atoms with E-state index in [2.05, 4.69) is 24.7 Å². The first-order valence-corrected chi connectivity index (χ1v) is 14.3. The van der Waals surface area contributed by atoms with Gasteiger partial charge in [-0.3, -0.25) is 14.9 Å². The van der Waals surface area contributed by atoms with Crippen LogP contribution >= 0.6 is 0 Å². The summed E-state index contributed by atoms with van der Waals surface area (Å²) in [4.78, 5) is 37.0. The molecule has 9 nitrogen and oxygen atoms in total. The van der Waals surface area contributed by atoms with Crippen LogP contribution in [0.3, 0.4) is 0 Å². The molecule has 9 heteroatoms. The third kappa shape index (κ3) is 5.49. The Bertz CT molecular complexity index is 1490. The largest absolute Gasteiger partial charge is 0.495 e. The van der Waals surface area contributed by atoms with E-state index in [4.69, 9.17) is 14.2 Å². The number of quaternary nitrogens is 1. The van der Waals surface area contributed by atoms with E-state index in [9.17, 15) is 14.4 Å². The smallest absolute Gasteiger partial charge is 0.411 e. The van der Waals surface area contributed by atoms with Crippen LogP contribution in [0.5, 0.6) is 5.75 Å². The van der Waals surface area contributed by atoms with Gasteiger partial charge in [0.25, 0.3) is 0 Å². The van der Waals surface area contributed by atoms with Gasteiger partial charge in [0, 0.05) is 30.4 Å². The van der Waals surface area contributed by atoms with E-state index >= 15 is 0 Å². The van der Waals surface area contributed by atoms with Crippen molar-refractivity contribution in [2.24, 2.45) is 0 Å². The lowest BCUT2D eigenvalue weighted by atomic mass is 9.96. The topological polar surface area (TPSA) is 106 Å². The number of nitrogens with zero attached hydrogens (tertiary/aromatic N) is 1. The molecule has 2 bridgehead atoms. The van der Waals surface area contributed by atoms with E-state index in [1.165, 1.54) is 7.11 Å². The lowest BCUT2D eigenvalue weighted by Gasteiger charge is -2.45. The first kappa shape index (κ1) is 27.9. The monoisotopic (exact) mass is 570 g/mol. The van der Waals surface area contributed by atoms with Crippen LogP contribution < -0.4 is 15.4 Å². The van der Waals surface area contributed by atoms with Crippen molar-refractivity contribution in [3.05, 3.63) is 77.9 Å². The predicted molar refractivity (Wildman–Crippen MR) is 159 cm³/mol. The number of amides is 2. The molecule has 3 saturated heterocycles. The first-order valence-electron chi connectivity index (χ1n) is 14.3. The summed E-state index contributed by atoms with van der Waals surface area (Å²) in [5.41, 5.74) is 4.34. The summed E-state index contributed by atoms with van der Waals surface area (Å²) in [6.45, 7) is 0. The molecule has 3 fully saturated rings. The summed E-state index contributed by atoms with van der Waals surface area (Å²) >= 11 is 0. The number of aryl methyl sites for hydroxylation is 1. The highest BCUT2D eigenvalue weighted by atomic mass is 16.6. The van der Waals surface area contributed by atoms with Crippen LogP contribution in [-0.4, -0.2) is 74.4 Å². The van der Waals surface area contributed by atoms with Crippen LogP contribution in [0.15, 0.2) is 66.7 Å². The Morgan fingerprint density at radius 2 is 1.69 bits per heavy atom. The van der Waals surface area contributed by atoms with Crippen molar-refractivity contribution in [1.29, 1.82) is 0 Å². The van der Waals surface area contributed by atoms with Crippen molar-refractivity contribution >= 4 is 29.7 Å². The molecule has 6 rings (SSSR count). The van der Waals surface area contributed by atoms with Crippen LogP contribution in [-0.2, 0) is 20.7 Å². The lowest BCUT2D eigenvalue weighted by Crippen LogP contribution is -2.60. The first-order chi connectivity index (χ1) is 20.3. The molecule has 5 atom stereocenters. The van der Waals surface area contributed by atoms with Gasteiger partial charge in [0.1, 0.15) is 42.4 Å². The van der Waals surface area contributed by atoms with Gasteiger partial charge in [0.15, 0.2) is 0 Å². The Hall–Kier alpha value is -4.21. The van der Waals surface area contributed by atoms with E-state index in [1.807, 2.05) is 48.5 Å². The third-order valence-electron chi connectivity index (χ3n) is 8.99. The summed E-state index contributed by atoms with van der Waals surface area (Å²) < 4.78 is 18.1. The van der Waals surface area contributed by atoms with Gasteiger partial charge in [0.05, 0.1) is 32.6 Å². The zero-order chi connectivity index (χ0) is 29.4. The predicted octanol–water partition coefficient (Wildman–Crippen LogP) is 5.05. The fraction of sp³-hybridized carbons (Fsp3) is 0.364. The molecule has 0 aromatic heterocycles. The fourth-order valence-corrected chi connectivity index (χ4v) is 6.67. The van der Waals surface area contributed by atoms with Crippen LogP contribution in [0, 0.1) is 0 Å². The number of likely N-dealkylation sites (N-methyl/N-ethyl adjacent to an activating group) is 1. The summed E-state index contributed by atoms with van der Waals surface area (Å²) in [5.74, 6) is 0.228. The number of hydrogen-bond acceptors (Lipinski definition) is 6. The molecule has 2 amide bonds. The highest BCUT2D eigenvalue weighted by molar-refractivity contribution is 5.94. The Kier molecular flexibility index (Phi) is 7.47. The summed E-state index contributed by atoms with van der Waals surface area (Å²) in [6.07, 6.45) is 2.95. The average molecular weight is 571 g/mol. The van der Waals surface area contributed by atoms with Gasteiger partial charge in [-0.05, 0) is 41.8 Å². The summed E-state index contributed by atoms with van der Waals surface area (Å²) in [7, 11) is 5.99. The number of methoxy groups -OCH3 is 1. The minimum atomic E-state index is -0.473. The molecule has 3 aromatic rings. The summed E-state index contributed by atoms with van der Waals surface area (Å²) in [6, 6.07) is 21.2. The lowest BCUT2D eigenvalue weighted by molar-refractivity contribution is -0.938. The molecule has 3 aromatic carbocycles. The molecule has 3 aliphatic heterocycles. The minimum Gasteiger partial charge on any atom is -0.495 e. The molecule has 0 radical (unpaired) electrons. The van der Waals surface area contributed by atoms with Crippen molar-refractivity contribution in [3.63, 3.8) is 0 Å². The Balaban J connectivity index is 1.13. The van der Waals surface area contributed by atoms with Crippen molar-refractivity contribution in [2.75, 3.05) is 31.8 Å². The van der Waals surface area contributed by atoms with Gasteiger partial charge in [-0.2, -0.15) is 0 Å². The van der Waals surface area contributed by atoms with Crippen molar-refractivity contribution in [1.82, 2.24) is 0 Å². The molecule has 2 N–H and O–H groups in total. The molecule has 42 heavy (non-hydrogen) atoms. The number of rotatable bonds is 9. The van der Waals surface area contributed by atoms with Crippen LogP contribution in [0.25, 0.3) is 11.1 Å². The molecule has 3 heterocycles. The zero-order valence-electron chi connectivity index (χ0n) is 24.0. The number of carbonyl (C=O) groups excluding carboxylic acids is 3. The Labute approximate surface area is 245 Å². The number of morpholine rings is 1. The standard InChI is InChI=1S/C33H35N3O6/c1-36(2)27-17-23(18-28(36)32-31(27)42-32)41-33(39)35-26-15-20(9-12-24(26)22-7-5-4-6-8-22)11-14-30(38)34-25-13-10-21(19-37)16-29(25)40-3/h4-10,12-13,15-16,19,23,27-28,31-32H,11,14,17-18H2,1-3H3,(H-,34,35,37,38,39)/p+1/t23?,27-,28+,31-,32+. The highest BCUT2D eigenvalue weighted by Gasteiger charge is 2.70. The van der Waals surface area contributed by atoms with Gasteiger partial charge in [-0.1, -0.05) is 42.5 Å². The Morgan fingerprint density at radius 1 is 0.952 bits per heavy atom. The Morgan fingerprint density at radius 3 is 2.38 bits per heavy atom. The maximum atomic E-state index is 13.2. The number of nitrogens with one attached hydrogen (secondary N) is 2. The molecule has 3 aliphatic rings. The molecular formula is C33H36N3O6+. The van der Waals surface area contributed by atoms with Gasteiger partial charge < -0.3 is 24.0 Å². The van der Waals surface area contributed by atoms with E-state index < -0.39 is 6.09 Å². The molecule has 218 valence electrons. The van der Waals surface area contributed by atoms with Crippen LogP contribution in [0.1, 0.15) is 35.2 Å². The van der Waals surface area contributed by atoms with Gasteiger partial charge in [-0.15, -0.1) is 0 Å². The summed E-state index contributed by atoms with van der Waals surface area (Å²) in [5, 5.41) is 5.86. The van der Waals surface area contributed by atoms with Crippen molar-refractivity contribution in [2.45, 2.75) is 56.1 Å². The van der Waals surface area contributed by atoms with E-state index in [0.717, 1.165) is 40.3 Å². The van der Waals surface area contributed by atoms with E-state index in [-0.39, 0.29) is 30.6 Å². The van der Waals surface area contributed by atoms with Crippen LogP contribution in [0.2, 0.25) is 0 Å². The maximum Gasteiger partial charge on any atom is 0.411 e. The quantitative estimate of drug-likeness (QED) is 0.212. The number of ether oxygens (including phenoxy) is 3. The number of anilines is 2. The number of piperidine rings is 1. The number of fused-ring (bicyclic) bond motifs is 5. The molecule has 0 aliphatic carbocycles. The number of hydrogen-bond donors (Lipinski definition) is 2. The molecule has 0 spiro atoms. The SMILES string of the molecule is COc1cc(C=O)ccc1NC(=O)CCc1ccc(-c2ccccc2)c(NC(=O)OC2C[C@@H]3[C@H]4O[C@H]4[C@H](C2)[N+]3(C)C)c1. The molecule has 1 unspecified atom stereocenters. The average Bonchev–Trinajstić information content (AvgIpc) is 3.75. The number of carbonyl (C=O) groups is 3. The number of epoxide rings is 1. The van der Waals surface area contributed by atoms with Gasteiger partial charge >= 0.3 is 6.09 Å². The highest BCUT2D eigenvalue weighted by Crippen LogP contribution is 2.51. The van der Waals surface area contributed by atoms with Gasteiger partial charge in [0.2, 0.25) is 5.91 Å². The fourth-order valence-electron chi connectivity index (χ4n) is 6.67. The zero-order valence-corrected chi connectivity index (χ0v) is 24.0. The molecule has 0 saturated carbocycles. The number of aldehydes is 1. The van der Waals surface area contributed by atoms with E-state index in [0.29, 0.717) is 41.2 Å². The normalized spacial score (nSPS) is 24.7. The second-order valence-electron chi connectivity index (χ2n) is 11.8. The minimum absolute atomic E-state index is 0.146.